The first-order valence-corrected chi connectivity index (χ1v) is 5.55. The van der Waals surface area contributed by atoms with Crippen molar-refractivity contribution in [2.24, 2.45) is 5.73 Å². The Kier molecular flexibility index (Phi) is 3.91. The molecule has 2 N–H and O–H groups in total. The summed E-state index contributed by atoms with van der Waals surface area (Å²) in [5, 5.41) is 0. The first kappa shape index (κ1) is 13.4. The van der Waals surface area contributed by atoms with Gasteiger partial charge in [0.1, 0.15) is 0 Å². The van der Waals surface area contributed by atoms with Crippen LogP contribution in [-0.4, -0.2) is 12.6 Å². The van der Waals surface area contributed by atoms with Crippen LogP contribution in [0.25, 0.3) is 0 Å². The van der Waals surface area contributed by atoms with E-state index in [0.29, 0.717) is 4.47 Å². The summed E-state index contributed by atoms with van der Waals surface area (Å²) in [4.78, 5) is 0. The lowest BCUT2D eigenvalue weighted by Gasteiger charge is -2.19. The third kappa shape index (κ3) is 2.92. The Bertz CT molecular complexity index is 402. The fourth-order valence-electron chi connectivity index (χ4n) is 1.43. The molecule has 0 atom stereocenters. The van der Waals surface area contributed by atoms with Crippen LogP contribution in [0.2, 0.25) is 0 Å². The van der Waals surface area contributed by atoms with E-state index in [0.717, 1.165) is 0 Å². The second-order valence-corrected chi connectivity index (χ2v) is 5.20. The molecule has 0 saturated heterocycles. The molecule has 1 aromatic rings. The van der Waals surface area contributed by atoms with Crippen LogP contribution in [0.1, 0.15) is 19.4 Å². The lowest BCUT2D eigenvalue weighted by molar-refractivity contribution is 0.365. The largest absolute Gasteiger partial charge is 0.492 e. The summed E-state index contributed by atoms with van der Waals surface area (Å²) in [7, 11) is 1.29. The highest BCUT2D eigenvalue weighted by Gasteiger charge is 2.21. The first-order valence-electron chi connectivity index (χ1n) is 4.75. The average molecular weight is 294 g/mol. The highest BCUT2D eigenvalue weighted by molar-refractivity contribution is 9.10. The average Bonchev–Trinajstić information content (AvgIpc) is 2.12. The molecule has 0 bridgehead atoms. The molecule has 0 saturated carbocycles. The smallest absolute Gasteiger partial charge is 0.202 e. The molecule has 1 aromatic carbocycles. The van der Waals surface area contributed by atoms with Crippen LogP contribution >= 0.6 is 15.9 Å². The van der Waals surface area contributed by atoms with Crippen molar-refractivity contribution in [2.75, 3.05) is 7.11 Å². The van der Waals surface area contributed by atoms with Gasteiger partial charge in [0.05, 0.1) is 11.6 Å². The molecule has 0 unspecified atom stereocenters. The first-order chi connectivity index (χ1) is 7.26. The molecule has 0 radical (unpaired) electrons. The molecule has 0 fully saturated rings. The van der Waals surface area contributed by atoms with Crippen LogP contribution in [0, 0.1) is 11.6 Å². The fraction of sp³-hybridized carbons (Fsp3) is 0.455. The zero-order chi connectivity index (χ0) is 12.5. The van der Waals surface area contributed by atoms with E-state index >= 15 is 0 Å². The summed E-state index contributed by atoms with van der Waals surface area (Å²) in [6, 6.07) is 1.49. The molecule has 90 valence electrons. The summed E-state index contributed by atoms with van der Waals surface area (Å²) in [5.74, 6) is -2.02. The van der Waals surface area contributed by atoms with E-state index in [2.05, 4.69) is 15.9 Å². The van der Waals surface area contributed by atoms with Crippen molar-refractivity contribution in [2.45, 2.75) is 25.8 Å². The van der Waals surface area contributed by atoms with Gasteiger partial charge in [0.25, 0.3) is 0 Å². The molecule has 5 heteroatoms. The van der Waals surface area contributed by atoms with E-state index in [9.17, 15) is 8.78 Å². The number of methoxy groups -OCH3 is 1. The molecule has 0 aliphatic carbocycles. The van der Waals surface area contributed by atoms with Gasteiger partial charge in [0.15, 0.2) is 11.6 Å². The van der Waals surface area contributed by atoms with E-state index in [1.807, 2.05) is 0 Å². The minimum absolute atomic E-state index is 0.129. The molecule has 0 aliphatic heterocycles. The van der Waals surface area contributed by atoms with Crippen LogP contribution in [0.3, 0.4) is 0 Å². The molecule has 0 heterocycles. The van der Waals surface area contributed by atoms with E-state index in [-0.39, 0.29) is 17.7 Å². The van der Waals surface area contributed by atoms with Gasteiger partial charge in [-0.1, -0.05) is 0 Å². The number of nitrogens with two attached hydrogens (primary N) is 1. The fourth-order valence-corrected chi connectivity index (χ4v) is 2.05. The van der Waals surface area contributed by atoms with Gasteiger partial charge in [-0.2, -0.15) is 4.39 Å². The van der Waals surface area contributed by atoms with Crippen LogP contribution in [0.15, 0.2) is 10.5 Å². The monoisotopic (exact) mass is 293 g/mol. The Morgan fingerprint density at radius 3 is 2.38 bits per heavy atom. The maximum atomic E-state index is 13.6. The maximum absolute atomic E-state index is 13.6. The molecular formula is C11H14BrF2NO. The van der Waals surface area contributed by atoms with E-state index < -0.39 is 17.2 Å². The predicted molar refractivity (Wildman–Crippen MR) is 62.6 cm³/mol. The highest BCUT2D eigenvalue weighted by atomic mass is 79.9. The second kappa shape index (κ2) is 4.67. The van der Waals surface area contributed by atoms with E-state index in [1.54, 1.807) is 13.8 Å². The Balaban J connectivity index is 3.23. The number of rotatable bonds is 3. The Morgan fingerprint density at radius 1 is 1.38 bits per heavy atom. The normalized spacial score (nSPS) is 11.7. The van der Waals surface area contributed by atoms with E-state index in [4.69, 9.17) is 10.5 Å². The van der Waals surface area contributed by atoms with Crippen molar-refractivity contribution >= 4 is 15.9 Å². The second-order valence-electron chi connectivity index (χ2n) is 4.34. The lowest BCUT2D eigenvalue weighted by Crippen LogP contribution is -2.34. The maximum Gasteiger partial charge on any atom is 0.202 e. The van der Waals surface area contributed by atoms with Gasteiger partial charge < -0.3 is 10.5 Å². The van der Waals surface area contributed by atoms with E-state index in [1.165, 1.54) is 13.2 Å². The molecule has 1 rings (SSSR count). The van der Waals surface area contributed by atoms with Crippen molar-refractivity contribution in [3.05, 3.63) is 27.7 Å². The molecule has 2 nitrogen and oxygen atoms in total. The quantitative estimate of drug-likeness (QED) is 0.870. The Morgan fingerprint density at radius 2 is 1.94 bits per heavy atom. The number of hydrogen-bond acceptors (Lipinski definition) is 2. The van der Waals surface area contributed by atoms with Crippen molar-refractivity contribution in [1.29, 1.82) is 0 Å². The van der Waals surface area contributed by atoms with Gasteiger partial charge in [-0.25, -0.2) is 4.39 Å². The van der Waals surface area contributed by atoms with Gasteiger partial charge in [0.2, 0.25) is 5.82 Å². The minimum atomic E-state index is -0.990. The summed E-state index contributed by atoms with van der Waals surface area (Å²) >= 11 is 3.13. The summed E-state index contributed by atoms with van der Waals surface area (Å²) in [6.45, 7) is 3.50. The van der Waals surface area contributed by atoms with Gasteiger partial charge in [-0.15, -0.1) is 0 Å². The molecule has 0 aromatic heterocycles. The SMILES string of the molecule is COc1c(Br)cc(CC(C)(C)N)c(F)c1F. The predicted octanol–water partition coefficient (Wildman–Crippen LogP) is 3.02. The molecule has 0 aliphatic rings. The lowest BCUT2D eigenvalue weighted by atomic mass is 9.96. The van der Waals surface area contributed by atoms with Crippen molar-refractivity contribution < 1.29 is 13.5 Å². The molecule has 0 spiro atoms. The molecule has 16 heavy (non-hydrogen) atoms. The number of ether oxygens (including phenoxy) is 1. The van der Waals surface area contributed by atoms with Gasteiger partial charge in [-0.3, -0.25) is 0 Å². The highest BCUT2D eigenvalue weighted by Crippen LogP contribution is 2.32. The molecular weight excluding hydrogens is 280 g/mol. The standard InChI is InChI=1S/C11H14BrF2NO/c1-11(2,15)5-6-4-7(12)10(16-3)9(14)8(6)13/h4H,5,15H2,1-3H3. The molecule has 0 amide bonds. The minimum Gasteiger partial charge on any atom is -0.492 e. The number of hydrogen-bond donors (Lipinski definition) is 1. The van der Waals surface area contributed by atoms with Crippen molar-refractivity contribution in [3.8, 4) is 5.75 Å². The summed E-state index contributed by atoms with van der Waals surface area (Å²) in [5.41, 5.74) is 5.41. The number of halogens is 3. The zero-order valence-corrected chi connectivity index (χ0v) is 11.0. The zero-order valence-electron chi connectivity index (χ0n) is 9.40. The van der Waals surface area contributed by atoms with Gasteiger partial charge in [0, 0.05) is 5.54 Å². The van der Waals surface area contributed by atoms with Crippen molar-refractivity contribution in [1.82, 2.24) is 0 Å². The third-order valence-electron chi connectivity index (χ3n) is 2.04. The van der Waals surface area contributed by atoms with Crippen LogP contribution in [-0.2, 0) is 6.42 Å². The van der Waals surface area contributed by atoms with Crippen LogP contribution in [0.5, 0.6) is 5.75 Å². The van der Waals surface area contributed by atoms with Crippen LogP contribution in [0.4, 0.5) is 8.78 Å². The van der Waals surface area contributed by atoms with Crippen molar-refractivity contribution in [3.63, 3.8) is 0 Å². The summed E-state index contributed by atoms with van der Waals surface area (Å²) < 4.78 is 32.3. The topological polar surface area (TPSA) is 35.2 Å². The summed E-state index contributed by atoms with van der Waals surface area (Å²) in [6.07, 6.45) is 0.248. The van der Waals surface area contributed by atoms with Gasteiger partial charge in [-0.05, 0) is 47.8 Å². The van der Waals surface area contributed by atoms with Gasteiger partial charge >= 0.3 is 0 Å². The van der Waals surface area contributed by atoms with Crippen LogP contribution < -0.4 is 10.5 Å². The third-order valence-corrected chi connectivity index (χ3v) is 2.63. The number of benzene rings is 1. The Labute approximate surface area is 102 Å². The Hall–Kier alpha value is -0.680.